The first kappa shape index (κ1) is 13.6. The lowest BCUT2D eigenvalue weighted by molar-refractivity contribution is 0.0600. The highest BCUT2D eigenvalue weighted by molar-refractivity contribution is 5.88. The van der Waals surface area contributed by atoms with Crippen molar-refractivity contribution in [1.29, 1.82) is 0 Å². The number of ether oxygens (including phenoxy) is 1. The molecular formula is C17H18N2O2. The molecule has 0 fully saturated rings. The Balaban J connectivity index is 1.77. The van der Waals surface area contributed by atoms with Crippen LogP contribution in [0.4, 0.5) is 5.69 Å². The first-order chi connectivity index (χ1) is 10.3. The molecule has 1 aromatic carbocycles. The number of fused-ring (bicyclic) bond motifs is 1. The topological polar surface area (TPSA) is 42.4 Å². The molecule has 0 aliphatic carbocycles. The summed E-state index contributed by atoms with van der Waals surface area (Å²) in [5.74, 6) is -0.350. The van der Waals surface area contributed by atoms with Gasteiger partial charge in [-0.1, -0.05) is 18.2 Å². The van der Waals surface area contributed by atoms with Gasteiger partial charge in [0.25, 0.3) is 0 Å². The third-order valence-electron chi connectivity index (χ3n) is 3.81. The predicted molar refractivity (Wildman–Crippen MR) is 81.4 cm³/mol. The average Bonchev–Trinajstić information content (AvgIpc) is 2.55. The third kappa shape index (κ3) is 2.89. The number of para-hydroxylation sites is 1. The van der Waals surface area contributed by atoms with Gasteiger partial charge in [-0.25, -0.2) is 4.79 Å². The zero-order chi connectivity index (χ0) is 14.7. The number of rotatable bonds is 3. The summed E-state index contributed by atoms with van der Waals surface area (Å²) >= 11 is 0. The predicted octanol–water partition coefficient (Wildman–Crippen LogP) is 2.82. The van der Waals surface area contributed by atoms with Crippen LogP contribution in [-0.2, 0) is 17.7 Å². The second-order valence-corrected chi connectivity index (χ2v) is 5.18. The number of carbonyl (C=O) groups is 1. The second kappa shape index (κ2) is 5.95. The SMILES string of the molecule is COC(=O)c1ccc(CN2CCCc3ccccc32)nc1. The molecule has 0 saturated carbocycles. The lowest BCUT2D eigenvalue weighted by atomic mass is 10.0. The van der Waals surface area contributed by atoms with Crippen molar-refractivity contribution < 1.29 is 9.53 Å². The minimum absolute atomic E-state index is 0.350. The molecule has 2 heterocycles. The Morgan fingerprint density at radius 1 is 1.29 bits per heavy atom. The Kier molecular flexibility index (Phi) is 3.86. The zero-order valence-electron chi connectivity index (χ0n) is 12.1. The van der Waals surface area contributed by atoms with Gasteiger partial charge >= 0.3 is 5.97 Å². The molecule has 1 aromatic heterocycles. The quantitative estimate of drug-likeness (QED) is 0.812. The van der Waals surface area contributed by atoms with E-state index in [1.54, 1.807) is 12.3 Å². The number of carbonyl (C=O) groups excluding carboxylic acids is 1. The number of aryl methyl sites for hydroxylation is 1. The second-order valence-electron chi connectivity index (χ2n) is 5.18. The molecular weight excluding hydrogens is 264 g/mol. The van der Waals surface area contributed by atoms with Gasteiger partial charge in [-0.3, -0.25) is 4.98 Å². The van der Waals surface area contributed by atoms with Crippen LogP contribution in [0.5, 0.6) is 0 Å². The van der Waals surface area contributed by atoms with Crippen molar-refractivity contribution in [2.24, 2.45) is 0 Å². The molecule has 0 spiro atoms. The molecule has 0 atom stereocenters. The van der Waals surface area contributed by atoms with E-state index in [-0.39, 0.29) is 5.97 Å². The number of nitrogens with zero attached hydrogens (tertiary/aromatic N) is 2. The van der Waals surface area contributed by atoms with E-state index in [0.717, 1.165) is 31.6 Å². The molecule has 3 rings (SSSR count). The standard InChI is InChI=1S/C17H18N2O2/c1-21-17(20)14-8-9-15(18-11-14)12-19-10-4-6-13-5-2-3-7-16(13)19/h2-3,5,7-9,11H,4,6,10,12H2,1H3. The summed E-state index contributed by atoms with van der Waals surface area (Å²) in [5, 5.41) is 0. The summed E-state index contributed by atoms with van der Waals surface area (Å²) in [7, 11) is 1.38. The molecule has 0 N–H and O–H groups in total. The summed E-state index contributed by atoms with van der Waals surface area (Å²) in [5.41, 5.74) is 4.14. The van der Waals surface area contributed by atoms with Crippen LogP contribution in [-0.4, -0.2) is 24.6 Å². The minimum atomic E-state index is -0.350. The monoisotopic (exact) mass is 282 g/mol. The molecule has 1 aliphatic heterocycles. The van der Waals surface area contributed by atoms with Crippen molar-refractivity contribution in [3.05, 3.63) is 59.4 Å². The van der Waals surface area contributed by atoms with E-state index in [0.29, 0.717) is 5.56 Å². The van der Waals surface area contributed by atoms with Crippen LogP contribution < -0.4 is 4.90 Å². The van der Waals surface area contributed by atoms with E-state index in [1.165, 1.54) is 18.4 Å². The number of benzene rings is 1. The average molecular weight is 282 g/mol. The van der Waals surface area contributed by atoms with Gasteiger partial charge in [0, 0.05) is 18.4 Å². The fourth-order valence-corrected chi connectivity index (χ4v) is 2.73. The van der Waals surface area contributed by atoms with Crippen molar-refractivity contribution in [3.63, 3.8) is 0 Å². The van der Waals surface area contributed by atoms with Gasteiger partial charge in [-0.05, 0) is 36.6 Å². The number of esters is 1. The first-order valence-electron chi connectivity index (χ1n) is 7.14. The van der Waals surface area contributed by atoms with E-state index < -0.39 is 0 Å². The maximum atomic E-state index is 11.4. The van der Waals surface area contributed by atoms with Crippen molar-refractivity contribution >= 4 is 11.7 Å². The number of aromatic nitrogens is 1. The van der Waals surface area contributed by atoms with E-state index in [2.05, 4.69) is 38.9 Å². The normalized spacial score (nSPS) is 13.7. The summed E-state index contributed by atoms with van der Waals surface area (Å²) in [6.45, 7) is 1.80. The fourth-order valence-electron chi connectivity index (χ4n) is 2.73. The highest BCUT2D eigenvalue weighted by atomic mass is 16.5. The minimum Gasteiger partial charge on any atom is -0.465 e. The number of hydrogen-bond donors (Lipinski definition) is 0. The van der Waals surface area contributed by atoms with Gasteiger partial charge in [-0.15, -0.1) is 0 Å². The molecule has 4 nitrogen and oxygen atoms in total. The van der Waals surface area contributed by atoms with Gasteiger partial charge in [-0.2, -0.15) is 0 Å². The van der Waals surface area contributed by atoms with Crippen LogP contribution in [0.3, 0.4) is 0 Å². The van der Waals surface area contributed by atoms with Gasteiger partial charge in [0.05, 0.1) is 24.9 Å². The summed E-state index contributed by atoms with van der Waals surface area (Å²) < 4.78 is 4.68. The highest BCUT2D eigenvalue weighted by Crippen LogP contribution is 2.27. The summed E-state index contributed by atoms with van der Waals surface area (Å²) in [6, 6.07) is 12.2. The van der Waals surface area contributed by atoms with Crippen LogP contribution in [0.2, 0.25) is 0 Å². The molecule has 0 amide bonds. The Bertz CT molecular complexity index is 637. The number of pyridine rings is 1. The molecule has 21 heavy (non-hydrogen) atoms. The summed E-state index contributed by atoms with van der Waals surface area (Å²) in [4.78, 5) is 18.1. The molecule has 4 heteroatoms. The van der Waals surface area contributed by atoms with Gasteiger partial charge in [0.15, 0.2) is 0 Å². The summed E-state index contributed by atoms with van der Waals surface area (Å²) in [6.07, 6.45) is 3.88. The molecule has 0 bridgehead atoms. The van der Waals surface area contributed by atoms with E-state index >= 15 is 0 Å². The van der Waals surface area contributed by atoms with Gasteiger partial charge < -0.3 is 9.64 Å². The van der Waals surface area contributed by atoms with Crippen LogP contribution in [0, 0.1) is 0 Å². The molecule has 0 unspecified atom stereocenters. The van der Waals surface area contributed by atoms with Crippen molar-refractivity contribution in [2.75, 3.05) is 18.6 Å². The Hall–Kier alpha value is -2.36. The number of methoxy groups -OCH3 is 1. The Morgan fingerprint density at radius 3 is 2.90 bits per heavy atom. The maximum absolute atomic E-state index is 11.4. The maximum Gasteiger partial charge on any atom is 0.339 e. The van der Waals surface area contributed by atoms with E-state index in [1.807, 2.05) is 6.07 Å². The smallest absolute Gasteiger partial charge is 0.339 e. The molecule has 1 aliphatic rings. The van der Waals surface area contributed by atoms with Crippen molar-refractivity contribution in [1.82, 2.24) is 4.98 Å². The largest absolute Gasteiger partial charge is 0.465 e. The van der Waals surface area contributed by atoms with E-state index in [4.69, 9.17) is 0 Å². The van der Waals surface area contributed by atoms with Crippen molar-refractivity contribution in [2.45, 2.75) is 19.4 Å². The van der Waals surface area contributed by atoms with Gasteiger partial charge in [0.2, 0.25) is 0 Å². The molecule has 2 aromatic rings. The van der Waals surface area contributed by atoms with Gasteiger partial charge in [0.1, 0.15) is 0 Å². The first-order valence-corrected chi connectivity index (χ1v) is 7.14. The third-order valence-corrected chi connectivity index (χ3v) is 3.81. The van der Waals surface area contributed by atoms with Crippen LogP contribution >= 0.6 is 0 Å². The molecule has 0 radical (unpaired) electrons. The van der Waals surface area contributed by atoms with Crippen LogP contribution in [0.1, 0.15) is 28.0 Å². The Labute approximate surface area is 124 Å². The lowest BCUT2D eigenvalue weighted by Gasteiger charge is -2.31. The highest BCUT2D eigenvalue weighted by Gasteiger charge is 2.16. The Morgan fingerprint density at radius 2 is 2.14 bits per heavy atom. The molecule has 108 valence electrons. The van der Waals surface area contributed by atoms with Crippen LogP contribution in [0.15, 0.2) is 42.6 Å². The number of anilines is 1. The molecule has 0 saturated heterocycles. The van der Waals surface area contributed by atoms with Crippen LogP contribution in [0.25, 0.3) is 0 Å². The number of hydrogen-bond acceptors (Lipinski definition) is 4. The zero-order valence-corrected chi connectivity index (χ0v) is 12.1. The fraction of sp³-hybridized carbons (Fsp3) is 0.294. The lowest BCUT2D eigenvalue weighted by Crippen LogP contribution is -2.29. The van der Waals surface area contributed by atoms with E-state index in [9.17, 15) is 4.79 Å². The van der Waals surface area contributed by atoms with Crippen molar-refractivity contribution in [3.8, 4) is 0 Å².